The molecule has 0 saturated carbocycles. The van der Waals surface area contributed by atoms with Gasteiger partial charge in [-0.1, -0.05) is 6.07 Å². The van der Waals surface area contributed by atoms with E-state index in [1.54, 1.807) is 0 Å². The van der Waals surface area contributed by atoms with Crippen molar-refractivity contribution >= 4 is 11.8 Å². The lowest BCUT2D eigenvalue weighted by molar-refractivity contribution is -0.157. The fraction of sp³-hybridized carbons (Fsp3) is 0.571. The molecular formula is C21H29N5O2. The van der Waals surface area contributed by atoms with Crippen LogP contribution in [0.3, 0.4) is 0 Å². The Morgan fingerprint density at radius 3 is 2.96 bits per heavy atom. The molecule has 2 aromatic rings. The number of nitrogens with zero attached hydrogens (tertiary/aromatic N) is 5. The summed E-state index contributed by atoms with van der Waals surface area (Å²) in [5.41, 5.74) is 0.766. The number of rotatable bonds is 5. The second-order valence-electron chi connectivity index (χ2n) is 8.00. The Hall–Kier alpha value is -2.41. The number of aryl methyl sites for hydroxylation is 1. The van der Waals surface area contributed by atoms with E-state index in [0.29, 0.717) is 13.2 Å². The Morgan fingerprint density at radius 1 is 1.36 bits per heavy atom. The molecule has 7 heteroatoms. The Labute approximate surface area is 166 Å². The zero-order valence-electron chi connectivity index (χ0n) is 16.8. The predicted molar refractivity (Wildman–Crippen MR) is 107 cm³/mol. The van der Waals surface area contributed by atoms with Crippen LogP contribution in [0.25, 0.3) is 0 Å². The van der Waals surface area contributed by atoms with E-state index in [9.17, 15) is 4.79 Å². The maximum Gasteiger partial charge on any atom is 0.314 e. The van der Waals surface area contributed by atoms with E-state index in [1.807, 2.05) is 49.2 Å². The summed E-state index contributed by atoms with van der Waals surface area (Å²) in [5.74, 6) is 1.13. The highest BCUT2D eigenvalue weighted by molar-refractivity contribution is 5.79. The number of hydrogen-bond donors (Lipinski definition) is 0. The lowest BCUT2D eigenvalue weighted by atomic mass is 9.75. The first-order valence-electron chi connectivity index (χ1n) is 10.1. The van der Waals surface area contributed by atoms with Gasteiger partial charge in [-0.15, -0.1) is 0 Å². The largest absolute Gasteiger partial charge is 0.466 e. The number of esters is 1. The van der Waals surface area contributed by atoms with Crippen molar-refractivity contribution in [3.05, 3.63) is 42.4 Å². The van der Waals surface area contributed by atoms with Crippen molar-refractivity contribution in [2.45, 2.75) is 26.3 Å². The lowest BCUT2D eigenvalue weighted by Crippen LogP contribution is -2.42. The first-order chi connectivity index (χ1) is 13.6. The van der Waals surface area contributed by atoms with Crippen molar-refractivity contribution < 1.29 is 9.53 Å². The number of likely N-dealkylation sites (tertiary alicyclic amines) is 1. The van der Waals surface area contributed by atoms with Gasteiger partial charge in [0.25, 0.3) is 0 Å². The van der Waals surface area contributed by atoms with E-state index in [-0.39, 0.29) is 11.9 Å². The monoisotopic (exact) mass is 383 g/mol. The van der Waals surface area contributed by atoms with E-state index >= 15 is 0 Å². The average Bonchev–Trinajstić information content (AvgIpc) is 3.22. The molecular weight excluding hydrogens is 354 g/mol. The standard InChI is InChI=1S/C21H29N5O2/c1-3-28-20(27)21-8-6-10-25(13-17-11-23-24(2)12-17)14-18(21)15-26(16-21)19-7-4-5-9-22-19/h4-5,7,9,11-12,18H,3,6,8,10,13-16H2,1-2H3/t18-,21-/m0/s1. The quantitative estimate of drug-likeness (QED) is 0.737. The predicted octanol–water partition coefficient (Wildman–Crippen LogP) is 2.10. The molecule has 0 aliphatic carbocycles. The summed E-state index contributed by atoms with van der Waals surface area (Å²) in [5, 5.41) is 4.29. The molecule has 150 valence electrons. The van der Waals surface area contributed by atoms with E-state index in [1.165, 1.54) is 5.56 Å². The summed E-state index contributed by atoms with van der Waals surface area (Å²) in [7, 11) is 1.94. The highest BCUT2D eigenvalue weighted by atomic mass is 16.5. The minimum atomic E-state index is -0.447. The Bertz CT molecular complexity index is 808. The topological polar surface area (TPSA) is 63.5 Å². The van der Waals surface area contributed by atoms with E-state index in [0.717, 1.165) is 44.8 Å². The number of carbonyl (C=O) groups excluding carboxylic acids is 1. The smallest absolute Gasteiger partial charge is 0.314 e. The second-order valence-corrected chi connectivity index (χ2v) is 8.00. The molecule has 0 bridgehead atoms. The van der Waals surface area contributed by atoms with Gasteiger partial charge in [0.15, 0.2) is 0 Å². The van der Waals surface area contributed by atoms with Gasteiger partial charge in [0.1, 0.15) is 5.82 Å². The first kappa shape index (κ1) is 18.9. The highest BCUT2D eigenvalue weighted by Crippen LogP contribution is 2.45. The van der Waals surface area contributed by atoms with Crippen LogP contribution in [0.1, 0.15) is 25.3 Å². The molecule has 2 saturated heterocycles. The minimum Gasteiger partial charge on any atom is -0.466 e. The third kappa shape index (κ3) is 3.63. The zero-order chi connectivity index (χ0) is 19.6. The number of aromatic nitrogens is 3. The molecule has 2 aliphatic rings. The molecule has 0 radical (unpaired) electrons. The average molecular weight is 383 g/mol. The molecule has 2 aliphatic heterocycles. The van der Waals surface area contributed by atoms with Gasteiger partial charge in [-0.05, 0) is 38.4 Å². The van der Waals surface area contributed by atoms with Gasteiger partial charge in [-0.25, -0.2) is 4.98 Å². The Balaban J connectivity index is 1.57. The van der Waals surface area contributed by atoms with Crippen LogP contribution in [-0.4, -0.2) is 58.4 Å². The van der Waals surface area contributed by atoms with Gasteiger partial charge in [0, 0.05) is 57.1 Å². The molecule has 4 heterocycles. The van der Waals surface area contributed by atoms with Crippen molar-refractivity contribution in [2.24, 2.45) is 18.4 Å². The zero-order valence-corrected chi connectivity index (χ0v) is 16.8. The third-order valence-corrected chi connectivity index (χ3v) is 6.09. The van der Waals surface area contributed by atoms with Crippen LogP contribution in [0.2, 0.25) is 0 Å². The molecule has 4 rings (SSSR count). The molecule has 0 N–H and O–H groups in total. The normalized spacial score (nSPS) is 25.4. The summed E-state index contributed by atoms with van der Waals surface area (Å²) in [4.78, 5) is 22.3. The van der Waals surface area contributed by atoms with Crippen molar-refractivity contribution in [3.8, 4) is 0 Å². The molecule has 7 nitrogen and oxygen atoms in total. The van der Waals surface area contributed by atoms with Crippen LogP contribution in [-0.2, 0) is 23.1 Å². The Morgan fingerprint density at radius 2 is 2.25 bits per heavy atom. The van der Waals surface area contributed by atoms with E-state index < -0.39 is 5.41 Å². The number of pyridine rings is 1. The maximum atomic E-state index is 13.1. The first-order valence-corrected chi connectivity index (χ1v) is 10.1. The van der Waals surface area contributed by atoms with Gasteiger partial charge in [-0.3, -0.25) is 14.4 Å². The molecule has 0 spiro atoms. The fourth-order valence-corrected chi connectivity index (χ4v) is 4.79. The van der Waals surface area contributed by atoms with E-state index in [4.69, 9.17) is 4.74 Å². The van der Waals surface area contributed by atoms with Crippen molar-refractivity contribution in [3.63, 3.8) is 0 Å². The van der Waals surface area contributed by atoms with Gasteiger partial charge < -0.3 is 9.64 Å². The summed E-state index contributed by atoms with van der Waals surface area (Å²) in [6.45, 7) is 6.59. The lowest BCUT2D eigenvalue weighted by Gasteiger charge is -2.31. The number of anilines is 1. The van der Waals surface area contributed by atoms with Crippen LogP contribution in [0.5, 0.6) is 0 Å². The number of hydrogen-bond acceptors (Lipinski definition) is 6. The minimum absolute atomic E-state index is 0.0401. The summed E-state index contributed by atoms with van der Waals surface area (Å²) in [6, 6.07) is 5.95. The SMILES string of the molecule is CCOC(=O)[C@]12CCCN(Cc3cnn(C)c3)C[C@H]1CN(c1ccccn1)C2. The molecule has 2 fully saturated rings. The van der Waals surface area contributed by atoms with Crippen molar-refractivity contribution in [1.29, 1.82) is 0 Å². The van der Waals surface area contributed by atoms with Crippen LogP contribution in [0.15, 0.2) is 36.8 Å². The van der Waals surface area contributed by atoms with Crippen molar-refractivity contribution in [2.75, 3.05) is 37.7 Å². The summed E-state index contributed by atoms with van der Waals surface area (Å²) < 4.78 is 7.41. The molecule has 28 heavy (non-hydrogen) atoms. The molecule has 2 atom stereocenters. The number of ether oxygens (including phenoxy) is 1. The van der Waals surface area contributed by atoms with Crippen molar-refractivity contribution in [1.82, 2.24) is 19.7 Å². The van der Waals surface area contributed by atoms with Crippen LogP contribution in [0.4, 0.5) is 5.82 Å². The van der Waals surface area contributed by atoms with Crippen LogP contribution in [0, 0.1) is 11.3 Å². The van der Waals surface area contributed by atoms with E-state index in [2.05, 4.69) is 26.1 Å². The van der Waals surface area contributed by atoms with Gasteiger partial charge in [-0.2, -0.15) is 5.10 Å². The highest BCUT2D eigenvalue weighted by Gasteiger charge is 2.54. The molecule has 0 aromatic carbocycles. The Kier molecular flexibility index (Phi) is 5.35. The summed E-state index contributed by atoms with van der Waals surface area (Å²) >= 11 is 0. The third-order valence-electron chi connectivity index (χ3n) is 6.09. The number of carbonyl (C=O) groups is 1. The molecule has 2 aromatic heterocycles. The maximum absolute atomic E-state index is 13.1. The van der Waals surface area contributed by atoms with Gasteiger partial charge in [0.05, 0.1) is 18.2 Å². The van der Waals surface area contributed by atoms with Crippen LogP contribution < -0.4 is 4.90 Å². The molecule has 0 amide bonds. The number of fused-ring (bicyclic) bond motifs is 1. The van der Waals surface area contributed by atoms with Gasteiger partial charge >= 0.3 is 5.97 Å². The second kappa shape index (κ2) is 7.91. The molecule has 0 unspecified atom stereocenters. The van der Waals surface area contributed by atoms with Gasteiger partial charge in [0.2, 0.25) is 0 Å². The summed E-state index contributed by atoms with van der Waals surface area (Å²) in [6.07, 6.45) is 7.67. The fourth-order valence-electron chi connectivity index (χ4n) is 4.79. The van der Waals surface area contributed by atoms with Crippen LogP contribution >= 0.6 is 0 Å².